The van der Waals surface area contributed by atoms with Gasteiger partial charge < -0.3 is 0 Å². The number of hydrogen-bond donors (Lipinski definition) is 2. The lowest BCUT2D eigenvalue weighted by Crippen LogP contribution is -2.24. The molecule has 28 heavy (non-hydrogen) atoms. The highest BCUT2D eigenvalue weighted by Crippen LogP contribution is 2.25. The highest BCUT2D eigenvalue weighted by Gasteiger charge is 2.44. The molecule has 2 N–H and O–H groups in total. The smallest absolute Gasteiger partial charge is 0.294 e. The molecular formula is C19H17F3N2O3S. The van der Waals surface area contributed by atoms with Crippen molar-refractivity contribution in [3.8, 4) is 0 Å². The highest BCUT2D eigenvalue weighted by atomic mass is 32.2. The Morgan fingerprint density at radius 2 is 1.04 bits per heavy atom. The van der Waals surface area contributed by atoms with Gasteiger partial charge in [-0.3, -0.25) is 15.0 Å². The predicted octanol–water partition coefficient (Wildman–Crippen LogP) is 5.25. The van der Waals surface area contributed by atoms with Crippen LogP contribution in [0.3, 0.4) is 0 Å². The number of nitrogens with zero attached hydrogens (tertiary/aromatic N) is 1. The van der Waals surface area contributed by atoms with Crippen LogP contribution in [0.2, 0.25) is 0 Å². The number of halogens is 3. The fourth-order valence-corrected chi connectivity index (χ4v) is 2.07. The Kier molecular flexibility index (Phi) is 7.02. The van der Waals surface area contributed by atoms with Gasteiger partial charge >= 0.3 is 15.6 Å². The summed E-state index contributed by atoms with van der Waals surface area (Å²) < 4.78 is 57.5. The third kappa shape index (κ3) is 6.29. The van der Waals surface area contributed by atoms with E-state index < -0.39 is 15.6 Å². The molecule has 3 aromatic rings. The van der Waals surface area contributed by atoms with E-state index in [1.807, 2.05) is 54.6 Å². The van der Waals surface area contributed by atoms with Crippen LogP contribution < -0.4 is 10.4 Å². The van der Waals surface area contributed by atoms with Crippen molar-refractivity contribution in [1.82, 2.24) is 0 Å². The number of hydrazine groups is 1. The molecule has 9 heteroatoms. The molecule has 0 aromatic heterocycles. The first-order chi connectivity index (χ1) is 13.2. The fraction of sp³-hybridized carbons (Fsp3) is 0.0526. The third-order valence-electron chi connectivity index (χ3n) is 3.34. The molecule has 0 saturated heterocycles. The van der Waals surface area contributed by atoms with Crippen molar-refractivity contribution in [2.45, 2.75) is 5.51 Å². The van der Waals surface area contributed by atoms with Crippen LogP contribution >= 0.6 is 0 Å². The van der Waals surface area contributed by atoms with Crippen LogP contribution in [-0.2, 0) is 10.1 Å². The maximum atomic E-state index is 10.7. The lowest BCUT2D eigenvalue weighted by molar-refractivity contribution is -0.0510. The minimum absolute atomic E-state index is 1.06. The summed E-state index contributed by atoms with van der Waals surface area (Å²) in [5.41, 5.74) is 1.17. The normalized spacial score (nSPS) is 11.1. The summed E-state index contributed by atoms with van der Waals surface area (Å²) in [6.07, 6.45) is 0. The number of benzene rings is 3. The van der Waals surface area contributed by atoms with Gasteiger partial charge in [0.2, 0.25) is 0 Å². The van der Waals surface area contributed by atoms with Crippen LogP contribution in [-0.4, -0.2) is 18.5 Å². The second kappa shape index (κ2) is 9.25. The van der Waals surface area contributed by atoms with Crippen molar-refractivity contribution >= 4 is 27.2 Å². The van der Waals surface area contributed by atoms with Gasteiger partial charge in [-0.05, 0) is 36.4 Å². The van der Waals surface area contributed by atoms with Gasteiger partial charge in [0.05, 0.1) is 17.1 Å². The molecule has 5 nitrogen and oxygen atoms in total. The molecule has 0 fully saturated rings. The summed E-state index contributed by atoms with van der Waals surface area (Å²) in [6, 6.07) is 30.7. The Balaban J connectivity index is 0.000000300. The van der Waals surface area contributed by atoms with Gasteiger partial charge in [0.25, 0.3) is 0 Å². The molecule has 0 aliphatic carbocycles. The zero-order chi connectivity index (χ0) is 20.6. The van der Waals surface area contributed by atoms with E-state index in [2.05, 4.69) is 46.8 Å². The summed E-state index contributed by atoms with van der Waals surface area (Å²) in [4.78, 5) is 0. The van der Waals surface area contributed by atoms with E-state index in [4.69, 9.17) is 13.0 Å². The highest BCUT2D eigenvalue weighted by molar-refractivity contribution is 7.86. The summed E-state index contributed by atoms with van der Waals surface area (Å²) in [5.74, 6) is 0. The first-order valence-corrected chi connectivity index (χ1v) is 9.38. The monoisotopic (exact) mass is 410 g/mol. The van der Waals surface area contributed by atoms with Crippen LogP contribution in [0.1, 0.15) is 0 Å². The number of rotatable bonds is 4. The van der Waals surface area contributed by atoms with Gasteiger partial charge in [-0.1, -0.05) is 54.6 Å². The van der Waals surface area contributed by atoms with Gasteiger partial charge in [-0.15, -0.1) is 0 Å². The van der Waals surface area contributed by atoms with Crippen molar-refractivity contribution in [3.05, 3.63) is 91.0 Å². The van der Waals surface area contributed by atoms with Crippen molar-refractivity contribution in [1.29, 1.82) is 0 Å². The largest absolute Gasteiger partial charge is 0.522 e. The van der Waals surface area contributed by atoms with E-state index in [1.54, 1.807) is 0 Å². The minimum atomic E-state index is -5.84. The van der Waals surface area contributed by atoms with Gasteiger partial charge in [0.1, 0.15) is 0 Å². The number of hydrogen-bond acceptors (Lipinski definition) is 4. The lowest BCUT2D eigenvalue weighted by atomic mass is 10.2. The molecule has 0 bridgehead atoms. The maximum Gasteiger partial charge on any atom is 0.522 e. The van der Waals surface area contributed by atoms with Crippen molar-refractivity contribution in [3.63, 3.8) is 0 Å². The predicted molar refractivity (Wildman–Crippen MR) is 103 cm³/mol. The molecule has 3 rings (SSSR count). The van der Waals surface area contributed by atoms with Crippen LogP contribution in [0, 0.1) is 0 Å². The topological polar surface area (TPSA) is 69.6 Å². The zero-order valence-corrected chi connectivity index (χ0v) is 15.2. The average molecular weight is 410 g/mol. The second-order valence-electron chi connectivity index (χ2n) is 5.41. The van der Waals surface area contributed by atoms with E-state index in [9.17, 15) is 13.2 Å². The van der Waals surface area contributed by atoms with Gasteiger partial charge in [0.15, 0.2) is 0 Å². The average Bonchev–Trinajstić information content (AvgIpc) is 2.67. The molecule has 0 saturated carbocycles. The standard InChI is InChI=1S/C18H16N2.CHF3O3S/c1-4-10-16(11-5-1)19-20(17-12-6-2-7-13-17)18-14-8-3-9-15-18;2-1(3,4)8(5,6)7/h1-15,19H;(H,5,6,7). The van der Waals surface area contributed by atoms with E-state index in [0.717, 1.165) is 17.1 Å². The van der Waals surface area contributed by atoms with Crippen LogP contribution in [0.5, 0.6) is 0 Å². The third-order valence-corrected chi connectivity index (χ3v) is 3.92. The molecule has 0 radical (unpaired) electrons. The first-order valence-electron chi connectivity index (χ1n) is 7.94. The fourth-order valence-electron chi connectivity index (χ4n) is 2.07. The van der Waals surface area contributed by atoms with Crippen LogP contribution in [0.25, 0.3) is 0 Å². The number of alkyl halides is 3. The van der Waals surface area contributed by atoms with Crippen molar-refractivity contribution in [2.24, 2.45) is 0 Å². The molecule has 3 aromatic carbocycles. The van der Waals surface area contributed by atoms with E-state index in [1.165, 1.54) is 0 Å². The minimum Gasteiger partial charge on any atom is -0.294 e. The quantitative estimate of drug-likeness (QED) is 0.349. The Morgan fingerprint density at radius 1 is 0.714 bits per heavy atom. The van der Waals surface area contributed by atoms with Crippen LogP contribution in [0.15, 0.2) is 91.0 Å². The Labute approximate surface area is 160 Å². The van der Waals surface area contributed by atoms with Gasteiger partial charge in [-0.2, -0.15) is 21.6 Å². The van der Waals surface area contributed by atoms with Crippen molar-refractivity contribution in [2.75, 3.05) is 10.4 Å². The van der Waals surface area contributed by atoms with E-state index in [0.29, 0.717) is 0 Å². The number of anilines is 3. The molecule has 0 spiro atoms. The summed E-state index contributed by atoms with van der Waals surface area (Å²) in [7, 11) is -5.84. The molecule has 0 aliphatic heterocycles. The Hall–Kier alpha value is -3.04. The van der Waals surface area contributed by atoms with Gasteiger partial charge in [0, 0.05) is 0 Å². The SMILES string of the molecule is O=S(=O)(O)C(F)(F)F.c1ccc(NN(c2ccccc2)c2ccccc2)cc1. The zero-order valence-electron chi connectivity index (χ0n) is 14.4. The van der Waals surface area contributed by atoms with Crippen LogP contribution in [0.4, 0.5) is 30.2 Å². The molecule has 0 aliphatic rings. The molecule has 148 valence electrons. The summed E-state index contributed by atoms with van der Waals surface area (Å²) >= 11 is 0. The number of para-hydroxylation sites is 3. The van der Waals surface area contributed by atoms with Crippen molar-refractivity contribution < 1.29 is 26.1 Å². The maximum absolute atomic E-state index is 10.7. The molecule has 0 atom stereocenters. The Morgan fingerprint density at radius 3 is 1.36 bits per heavy atom. The van der Waals surface area contributed by atoms with Gasteiger partial charge in [-0.25, -0.2) is 0 Å². The first kappa shape index (κ1) is 21.3. The molecule has 0 heterocycles. The molecule has 0 unspecified atom stereocenters. The second-order valence-corrected chi connectivity index (χ2v) is 6.82. The Bertz CT molecular complexity index is 912. The molecular weight excluding hydrogens is 393 g/mol. The van der Waals surface area contributed by atoms with E-state index >= 15 is 0 Å². The lowest BCUT2D eigenvalue weighted by Gasteiger charge is -2.26. The summed E-state index contributed by atoms with van der Waals surface area (Å²) in [6.45, 7) is 0. The van der Waals surface area contributed by atoms with E-state index in [-0.39, 0.29) is 0 Å². The number of nitrogens with one attached hydrogen (secondary N) is 1. The summed E-state index contributed by atoms with van der Waals surface area (Å²) in [5, 5.41) is 2.08. The molecule has 0 amide bonds.